The molecule has 0 spiro atoms. The quantitative estimate of drug-likeness (QED) is 0.195. The molecule has 0 bridgehead atoms. The molecule has 0 unspecified atom stereocenters. The van der Waals surface area contributed by atoms with Gasteiger partial charge in [0, 0.05) is 41.8 Å². The fourth-order valence-corrected chi connectivity index (χ4v) is 6.13. The average Bonchev–Trinajstić information content (AvgIpc) is 3.45. The number of aldehydes is 1. The van der Waals surface area contributed by atoms with Crippen molar-refractivity contribution in [1.82, 2.24) is 4.98 Å². The number of thiazole rings is 1. The summed E-state index contributed by atoms with van der Waals surface area (Å²) in [6.45, 7) is 2.47. The van der Waals surface area contributed by atoms with E-state index in [9.17, 15) is 4.79 Å². The average molecular weight is 565 g/mol. The van der Waals surface area contributed by atoms with Crippen molar-refractivity contribution in [2.24, 2.45) is 5.92 Å². The number of benzene rings is 3. The molecule has 4 nitrogen and oxygen atoms in total. The van der Waals surface area contributed by atoms with E-state index in [4.69, 9.17) is 28.2 Å². The minimum Gasteiger partial charge on any atom is -0.381 e. The molecule has 1 aliphatic carbocycles. The normalized spacial score (nSPS) is 13.8. The van der Waals surface area contributed by atoms with E-state index in [1.54, 1.807) is 11.3 Å². The summed E-state index contributed by atoms with van der Waals surface area (Å²) >= 11 is 13.9. The SMILES string of the molecule is O=Cc1ccc(CN(CC2CCCCC2)c2nc(-c3ccc(NCc4ccc(Cl)c(Cl)c4)cc3)cs2)cc1. The van der Waals surface area contributed by atoms with Crippen molar-refractivity contribution in [3.63, 3.8) is 0 Å². The Morgan fingerprint density at radius 3 is 2.37 bits per heavy atom. The number of halogens is 2. The van der Waals surface area contributed by atoms with Crippen LogP contribution in [0.25, 0.3) is 11.3 Å². The Labute approximate surface area is 238 Å². The maximum atomic E-state index is 11.1. The van der Waals surface area contributed by atoms with Gasteiger partial charge in [-0.1, -0.05) is 84.9 Å². The van der Waals surface area contributed by atoms with Gasteiger partial charge in [-0.25, -0.2) is 4.98 Å². The van der Waals surface area contributed by atoms with E-state index in [2.05, 4.69) is 52.0 Å². The van der Waals surface area contributed by atoms with Gasteiger partial charge in [0.25, 0.3) is 0 Å². The summed E-state index contributed by atoms with van der Waals surface area (Å²) in [7, 11) is 0. The first-order valence-electron chi connectivity index (χ1n) is 13.1. The van der Waals surface area contributed by atoms with Gasteiger partial charge in [0.05, 0.1) is 15.7 Å². The zero-order valence-electron chi connectivity index (χ0n) is 21.2. The maximum Gasteiger partial charge on any atom is 0.186 e. The second kappa shape index (κ2) is 12.8. The van der Waals surface area contributed by atoms with Crippen LogP contribution in [0.15, 0.2) is 72.1 Å². The number of rotatable bonds is 10. The zero-order valence-corrected chi connectivity index (χ0v) is 23.5. The fourth-order valence-electron chi connectivity index (χ4n) is 4.97. The lowest BCUT2D eigenvalue weighted by Gasteiger charge is -2.29. The molecule has 196 valence electrons. The summed E-state index contributed by atoms with van der Waals surface area (Å²) in [6, 6.07) is 22.0. The first-order chi connectivity index (χ1) is 18.6. The van der Waals surface area contributed by atoms with E-state index in [0.717, 1.165) is 47.0 Å². The highest BCUT2D eigenvalue weighted by Gasteiger charge is 2.20. The number of hydrogen-bond donors (Lipinski definition) is 1. The largest absolute Gasteiger partial charge is 0.381 e. The predicted molar refractivity (Wildman–Crippen MR) is 161 cm³/mol. The number of nitrogens with one attached hydrogen (secondary N) is 1. The van der Waals surface area contributed by atoms with Crippen LogP contribution >= 0.6 is 34.5 Å². The lowest BCUT2D eigenvalue weighted by molar-refractivity contribution is 0.112. The first kappa shape index (κ1) is 26.7. The molecular weight excluding hydrogens is 533 g/mol. The molecule has 1 N–H and O–H groups in total. The third-order valence-electron chi connectivity index (χ3n) is 7.12. The summed E-state index contributed by atoms with van der Waals surface area (Å²) in [5.41, 5.74) is 6.10. The van der Waals surface area contributed by atoms with Crippen molar-refractivity contribution in [2.75, 3.05) is 16.8 Å². The van der Waals surface area contributed by atoms with Gasteiger partial charge < -0.3 is 10.2 Å². The first-order valence-corrected chi connectivity index (χ1v) is 14.7. The monoisotopic (exact) mass is 563 g/mol. The lowest BCUT2D eigenvalue weighted by Crippen LogP contribution is -2.30. The molecule has 7 heteroatoms. The minimum atomic E-state index is 0.565. The summed E-state index contributed by atoms with van der Waals surface area (Å²) in [5.74, 6) is 0.700. The molecule has 3 aromatic carbocycles. The molecule has 38 heavy (non-hydrogen) atoms. The topological polar surface area (TPSA) is 45.2 Å². The van der Waals surface area contributed by atoms with E-state index in [1.165, 1.54) is 37.7 Å². The Bertz CT molecular complexity index is 1350. The number of carbonyl (C=O) groups is 1. The maximum absolute atomic E-state index is 11.1. The smallest absolute Gasteiger partial charge is 0.186 e. The zero-order chi connectivity index (χ0) is 26.3. The van der Waals surface area contributed by atoms with Crippen molar-refractivity contribution < 1.29 is 4.79 Å². The molecule has 1 fully saturated rings. The van der Waals surface area contributed by atoms with Gasteiger partial charge in [-0.15, -0.1) is 11.3 Å². The number of aromatic nitrogens is 1. The second-order valence-corrected chi connectivity index (χ2v) is 11.6. The molecule has 0 atom stereocenters. The van der Waals surface area contributed by atoms with Crippen LogP contribution in [0.2, 0.25) is 10.0 Å². The van der Waals surface area contributed by atoms with E-state index >= 15 is 0 Å². The second-order valence-electron chi connectivity index (χ2n) is 9.94. The Morgan fingerprint density at radius 1 is 0.921 bits per heavy atom. The molecule has 4 aromatic rings. The van der Waals surface area contributed by atoms with Gasteiger partial charge >= 0.3 is 0 Å². The molecule has 0 amide bonds. The van der Waals surface area contributed by atoms with Gasteiger partial charge in [0.1, 0.15) is 6.29 Å². The van der Waals surface area contributed by atoms with Crippen LogP contribution in [0.4, 0.5) is 10.8 Å². The number of anilines is 2. The van der Waals surface area contributed by atoms with E-state index in [1.807, 2.05) is 30.3 Å². The Kier molecular flexibility index (Phi) is 9.00. The summed E-state index contributed by atoms with van der Waals surface area (Å²) in [6.07, 6.45) is 7.46. The van der Waals surface area contributed by atoms with Crippen LogP contribution in [0.3, 0.4) is 0 Å². The van der Waals surface area contributed by atoms with Crippen LogP contribution in [-0.4, -0.2) is 17.8 Å². The number of carbonyl (C=O) groups excluding carboxylic acids is 1. The van der Waals surface area contributed by atoms with Gasteiger partial charge in [0.2, 0.25) is 0 Å². The molecule has 5 rings (SSSR count). The van der Waals surface area contributed by atoms with Gasteiger partial charge in [0.15, 0.2) is 5.13 Å². The highest BCUT2D eigenvalue weighted by atomic mass is 35.5. The van der Waals surface area contributed by atoms with Crippen molar-refractivity contribution in [2.45, 2.75) is 45.2 Å². The van der Waals surface area contributed by atoms with Crippen molar-refractivity contribution in [3.8, 4) is 11.3 Å². The van der Waals surface area contributed by atoms with Gasteiger partial charge in [-0.2, -0.15) is 0 Å². The minimum absolute atomic E-state index is 0.565. The third kappa shape index (κ3) is 6.96. The third-order valence-corrected chi connectivity index (χ3v) is 8.76. The summed E-state index contributed by atoms with van der Waals surface area (Å²) in [4.78, 5) is 18.6. The molecule has 0 radical (unpaired) electrons. The molecule has 1 heterocycles. The molecular formula is C31H31Cl2N3OS. The summed E-state index contributed by atoms with van der Waals surface area (Å²) in [5, 5.41) is 7.77. The molecule has 1 saturated carbocycles. The predicted octanol–water partition coefficient (Wildman–Crippen LogP) is 9.13. The van der Waals surface area contributed by atoms with Crippen molar-refractivity contribution in [1.29, 1.82) is 0 Å². The Morgan fingerprint density at radius 2 is 1.66 bits per heavy atom. The van der Waals surface area contributed by atoms with Gasteiger partial charge in [-0.3, -0.25) is 4.79 Å². The van der Waals surface area contributed by atoms with Crippen molar-refractivity contribution in [3.05, 3.63) is 98.8 Å². The molecule has 0 saturated heterocycles. The Hall–Kier alpha value is -2.86. The van der Waals surface area contributed by atoms with Crippen LogP contribution in [-0.2, 0) is 13.1 Å². The van der Waals surface area contributed by atoms with Crippen LogP contribution < -0.4 is 10.2 Å². The lowest BCUT2D eigenvalue weighted by atomic mass is 9.89. The highest BCUT2D eigenvalue weighted by Crippen LogP contribution is 2.32. The standard InChI is InChI=1S/C31H31Cl2N3OS/c32-28-15-10-25(16-29(28)33)17-34-27-13-11-26(12-14-27)30-21-38-31(35-30)36(18-22-4-2-1-3-5-22)19-23-6-8-24(20-37)9-7-23/h6-16,20-22,34H,1-5,17-19H2. The van der Waals surface area contributed by atoms with Crippen LogP contribution in [0.1, 0.15) is 53.6 Å². The Balaban J connectivity index is 1.28. The molecule has 1 aromatic heterocycles. The number of nitrogens with zero attached hydrogens (tertiary/aromatic N) is 2. The summed E-state index contributed by atoms with van der Waals surface area (Å²) < 4.78 is 0. The fraction of sp³-hybridized carbons (Fsp3) is 0.290. The van der Waals surface area contributed by atoms with Crippen LogP contribution in [0.5, 0.6) is 0 Å². The van der Waals surface area contributed by atoms with Crippen LogP contribution in [0, 0.1) is 5.92 Å². The number of hydrogen-bond acceptors (Lipinski definition) is 5. The van der Waals surface area contributed by atoms with Crippen molar-refractivity contribution >= 4 is 51.6 Å². The van der Waals surface area contributed by atoms with Gasteiger partial charge in [-0.05, 0) is 54.2 Å². The van der Waals surface area contributed by atoms with E-state index in [0.29, 0.717) is 28.1 Å². The van der Waals surface area contributed by atoms with E-state index < -0.39 is 0 Å². The molecule has 0 aliphatic heterocycles. The highest BCUT2D eigenvalue weighted by molar-refractivity contribution is 7.14. The molecule has 1 aliphatic rings. The van der Waals surface area contributed by atoms with E-state index in [-0.39, 0.29) is 0 Å².